The van der Waals surface area contributed by atoms with E-state index in [1.54, 1.807) is 0 Å². The van der Waals surface area contributed by atoms with Crippen molar-refractivity contribution in [3.8, 4) is 0 Å². The van der Waals surface area contributed by atoms with Crippen molar-refractivity contribution in [2.75, 3.05) is 0 Å². The van der Waals surface area contributed by atoms with E-state index in [0.717, 1.165) is 25.7 Å². The van der Waals surface area contributed by atoms with Crippen molar-refractivity contribution in [1.82, 2.24) is 0 Å². The lowest BCUT2D eigenvalue weighted by atomic mass is 9.68. The summed E-state index contributed by atoms with van der Waals surface area (Å²) in [6.45, 7) is 0. The molecule has 1 saturated heterocycles. The van der Waals surface area contributed by atoms with Gasteiger partial charge in [0.25, 0.3) is 0 Å². The van der Waals surface area contributed by atoms with Gasteiger partial charge in [0, 0.05) is 6.04 Å². The van der Waals surface area contributed by atoms with Crippen molar-refractivity contribution in [3.63, 3.8) is 0 Å². The highest BCUT2D eigenvalue weighted by Gasteiger charge is 2.44. The first-order valence-corrected chi connectivity index (χ1v) is 8.50. The molecule has 2 aliphatic carbocycles. The molecule has 4 aliphatic rings. The zero-order valence-corrected chi connectivity index (χ0v) is 12.4. The number of nitrogens with two attached hydrogens (primary N) is 1. The minimum absolute atomic E-state index is 0.0399. The number of hydrogen-bond donors (Lipinski definition) is 1. The Bertz CT molecular complexity index is 449. The average Bonchev–Trinajstić information content (AvgIpc) is 3.10. The highest BCUT2D eigenvalue weighted by Crippen LogP contribution is 2.41. The zero-order valence-electron chi connectivity index (χ0n) is 12.4. The highest BCUT2D eigenvalue weighted by molar-refractivity contribution is 5.74. The summed E-state index contributed by atoms with van der Waals surface area (Å²) in [6, 6.07) is 0.365. The Balaban J connectivity index is 1.33. The number of rotatable bonds is 2. The quantitative estimate of drug-likeness (QED) is 0.625. The maximum absolute atomic E-state index is 12.4. The first-order valence-electron chi connectivity index (χ1n) is 8.50. The van der Waals surface area contributed by atoms with E-state index in [1.807, 2.05) is 6.08 Å². The lowest BCUT2D eigenvalue weighted by molar-refractivity contribution is -0.158. The molecule has 2 heterocycles. The van der Waals surface area contributed by atoms with Crippen molar-refractivity contribution in [3.05, 3.63) is 12.2 Å². The molecule has 4 heteroatoms. The van der Waals surface area contributed by atoms with E-state index in [-0.39, 0.29) is 30.2 Å². The second-order valence-corrected chi connectivity index (χ2v) is 7.26. The number of fused-ring (bicyclic) bond motifs is 3. The van der Waals surface area contributed by atoms with Crippen molar-refractivity contribution in [2.24, 2.45) is 23.5 Å². The molecule has 4 rings (SSSR count). The van der Waals surface area contributed by atoms with E-state index in [9.17, 15) is 4.79 Å². The van der Waals surface area contributed by atoms with Crippen LogP contribution in [0.25, 0.3) is 0 Å². The van der Waals surface area contributed by atoms with Gasteiger partial charge in [-0.3, -0.25) is 4.79 Å². The topological polar surface area (TPSA) is 61.5 Å². The van der Waals surface area contributed by atoms with Crippen LogP contribution in [0.15, 0.2) is 12.2 Å². The number of esters is 1. The van der Waals surface area contributed by atoms with Crippen molar-refractivity contribution < 1.29 is 14.3 Å². The third-order valence-electron chi connectivity index (χ3n) is 5.97. The summed E-state index contributed by atoms with van der Waals surface area (Å²) in [5, 5.41) is 0. The Morgan fingerprint density at radius 2 is 2.05 bits per heavy atom. The van der Waals surface area contributed by atoms with Crippen LogP contribution in [0.1, 0.15) is 44.9 Å². The molecule has 21 heavy (non-hydrogen) atoms. The van der Waals surface area contributed by atoms with E-state index in [1.165, 1.54) is 19.3 Å². The summed E-state index contributed by atoms with van der Waals surface area (Å²) < 4.78 is 11.5. The fourth-order valence-corrected chi connectivity index (χ4v) is 4.83. The molecule has 0 aromatic carbocycles. The molecule has 2 aliphatic heterocycles. The molecule has 3 fully saturated rings. The molecule has 2 bridgehead atoms. The summed E-state index contributed by atoms with van der Waals surface area (Å²) in [7, 11) is 0. The van der Waals surface area contributed by atoms with Crippen LogP contribution in [-0.4, -0.2) is 30.3 Å². The van der Waals surface area contributed by atoms with Crippen LogP contribution < -0.4 is 5.73 Å². The van der Waals surface area contributed by atoms with Gasteiger partial charge in [-0.05, 0) is 50.4 Å². The standard InChI is InChI=1S/C17H25NO3/c18-15-3-1-2-10-8-11(4-6-13(10)15)21-17(19)14-9-12-5-7-16(14)20-12/h5,7,10-16H,1-4,6,8-9,18H2. The molecule has 0 radical (unpaired) electrons. The van der Waals surface area contributed by atoms with Crippen LogP contribution in [0.5, 0.6) is 0 Å². The Kier molecular flexibility index (Phi) is 3.54. The molecular weight excluding hydrogens is 266 g/mol. The maximum atomic E-state index is 12.4. The summed E-state index contributed by atoms with van der Waals surface area (Å²) in [5.74, 6) is 1.20. The van der Waals surface area contributed by atoms with Crippen LogP contribution in [0.3, 0.4) is 0 Å². The molecule has 4 nitrogen and oxygen atoms in total. The fourth-order valence-electron chi connectivity index (χ4n) is 4.83. The van der Waals surface area contributed by atoms with Crippen molar-refractivity contribution in [2.45, 2.75) is 69.3 Å². The Morgan fingerprint density at radius 1 is 1.14 bits per heavy atom. The summed E-state index contributed by atoms with van der Waals surface area (Å²) >= 11 is 0. The molecule has 0 aromatic rings. The largest absolute Gasteiger partial charge is 0.462 e. The predicted octanol–water partition coefficient (Wildman–Crippen LogP) is 2.17. The minimum Gasteiger partial charge on any atom is -0.462 e. The summed E-state index contributed by atoms with van der Waals surface area (Å²) in [6.07, 6.45) is 11.8. The van der Waals surface area contributed by atoms with Gasteiger partial charge >= 0.3 is 5.97 Å². The Hall–Kier alpha value is -0.870. The van der Waals surface area contributed by atoms with E-state index < -0.39 is 0 Å². The normalized spacial score (nSPS) is 48.1. The van der Waals surface area contributed by atoms with Gasteiger partial charge in [-0.25, -0.2) is 0 Å². The van der Waals surface area contributed by atoms with Crippen LogP contribution in [0.2, 0.25) is 0 Å². The van der Waals surface area contributed by atoms with E-state index in [2.05, 4.69) is 6.08 Å². The van der Waals surface area contributed by atoms with E-state index >= 15 is 0 Å². The molecule has 0 amide bonds. The highest BCUT2D eigenvalue weighted by atomic mass is 16.6. The third-order valence-corrected chi connectivity index (χ3v) is 5.97. The molecule has 0 aromatic heterocycles. The van der Waals surface area contributed by atoms with Gasteiger partial charge in [0.05, 0.1) is 18.1 Å². The van der Waals surface area contributed by atoms with Gasteiger partial charge < -0.3 is 15.2 Å². The van der Waals surface area contributed by atoms with Crippen LogP contribution >= 0.6 is 0 Å². The number of hydrogen-bond acceptors (Lipinski definition) is 4. The van der Waals surface area contributed by atoms with Gasteiger partial charge in [-0.2, -0.15) is 0 Å². The summed E-state index contributed by atoms with van der Waals surface area (Å²) in [4.78, 5) is 12.4. The van der Waals surface area contributed by atoms with Gasteiger partial charge in [0.15, 0.2) is 0 Å². The van der Waals surface area contributed by atoms with Crippen LogP contribution in [-0.2, 0) is 14.3 Å². The molecule has 116 valence electrons. The minimum atomic E-state index is -0.0775. The van der Waals surface area contributed by atoms with Crippen LogP contribution in [0, 0.1) is 17.8 Å². The lowest BCUT2D eigenvalue weighted by Gasteiger charge is -2.42. The van der Waals surface area contributed by atoms with Gasteiger partial charge in [-0.1, -0.05) is 18.6 Å². The Morgan fingerprint density at radius 3 is 2.81 bits per heavy atom. The molecule has 7 unspecified atom stereocenters. The van der Waals surface area contributed by atoms with Crippen LogP contribution in [0.4, 0.5) is 0 Å². The first-order chi connectivity index (χ1) is 10.2. The second-order valence-electron chi connectivity index (χ2n) is 7.26. The van der Waals surface area contributed by atoms with Crippen molar-refractivity contribution in [1.29, 1.82) is 0 Å². The van der Waals surface area contributed by atoms with Gasteiger partial charge in [0.1, 0.15) is 6.10 Å². The average molecular weight is 291 g/mol. The SMILES string of the molecule is NC1CCCC2CC(OC(=O)C3CC4C=CC3O4)CCC12. The molecule has 7 atom stereocenters. The number of ether oxygens (including phenoxy) is 2. The third kappa shape index (κ3) is 2.53. The lowest BCUT2D eigenvalue weighted by Crippen LogP contribution is -2.44. The first kappa shape index (κ1) is 13.8. The van der Waals surface area contributed by atoms with E-state index in [0.29, 0.717) is 17.9 Å². The number of carbonyl (C=O) groups excluding carboxylic acids is 1. The molecular formula is C17H25NO3. The zero-order chi connectivity index (χ0) is 14.4. The monoisotopic (exact) mass is 291 g/mol. The Labute approximate surface area is 126 Å². The summed E-state index contributed by atoms with van der Waals surface area (Å²) in [5.41, 5.74) is 6.24. The molecule has 2 N–H and O–H groups in total. The fraction of sp³-hybridized carbons (Fsp3) is 0.824. The predicted molar refractivity (Wildman–Crippen MR) is 78.4 cm³/mol. The molecule has 2 saturated carbocycles. The molecule has 0 spiro atoms. The van der Waals surface area contributed by atoms with Gasteiger partial charge in [0.2, 0.25) is 0 Å². The number of carbonyl (C=O) groups is 1. The maximum Gasteiger partial charge on any atom is 0.312 e. The second kappa shape index (κ2) is 5.40. The smallest absolute Gasteiger partial charge is 0.312 e. The van der Waals surface area contributed by atoms with Crippen molar-refractivity contribution >= 4 is 5.97 Å². The van der Waals surface area contributed by atoms with E-state index in [4.69, 9.17) is 15.2 Å². The van der Waals surface area contributed by atoms with Gasteiger partial charge in [-0.15, -0.1) is 0 Å².